The van der Waals surface area contributed by atoms with E-state index in [2.05, 4.69) is 9.26 Å². The maximum absolute atomic E-state index is 10.3. The van der Waals surface area contributed by atoms with Crippen molar-refractivity contribution in [1.29, 1.82) is 0 Å². The van der Waals surface area contributed by atoms with Gasteiger partial charge in [0.05, 0.1) is 0 Å². The van der Waals surface area contributed by atoms with Crippen molar-refractivity contribution in [2.45, 2.75) is 0 Å². The van der Waals surface area contributed by atoms with Gasteiger partial charge in [-0.15, -0.1) is 0 Å². The summed E-state index contributed by atoms with van der Waals surface area (Å²) in [6.45, 7) is 0. The largest absolute Gasteiger partial charge is 1.00 e. The molecule has 0 fully saturated rings. The molecule has 0 aliphatic carbocycles. The van der Waals surface area contributed by atoms with Crippen LogP contribution in [0.2, 0.25) is 0 Å². The van der Waals surface area contributed by atoms with Gasteiger partial charge in [-0.2, -0.15) is 0 Å². The number of methoxy groups -OCH3 is 1. The molecule has 0 aromatic carbocycles. The van der Waals surface area contributed by atoms with Crippen molar-refractivity contribution >= 4 is 7.60 Å². The van der Waals surface area contributed by atoms with E-state index in [-0.39, 0.29) is 35.9 Å². The fraction of sp³-hybridized carbons (Fsp3) is 1.00. The molecule has 4 nitrogen and oxygen atoms in total. The monoisotopic (exact) mass is 162 g/mol. The van der Waals surface area contributed by atoms with Gasteiger partial charge in [-0.3, -0.25) is 0 Å². The predicted molar refractivity (Wildman–Crippen MR) is 26.5 cm³/mol. The van der Waals surface area contributed by atoms with E-state index in [0.29, 0.717) is 0 Å². The summed E-state index contributed by atoms with van der Waals surface area (Å²) in [5.41, 5.74) is 0. The number of ether oxygens (including phenoxy) is 1. The minimum atomic E-state index is -3.65. The summed E-state index contributed by atoms with van der Waals surface area (Å²) in [6, 6.07) is 0. The van der Waals surface area contributed by atoms with Gasteiger partial charge in [0.2, 0.25) is 0 Å². The van der Waals surface area contributed by atoms with Gasteiger partial charge in [-0.1, -0.05) is 0 Å². The van der Waals surface area contributed by atoms with Gasteiger partial charge < -0.3 is 18.7 Å². The van der Waals surface area contributed by atoms with E-state index < -0.39 is 7.60 Å². The molecule has 50 valence electrons. The summed E-state index contributed by atoms with van der Waals surface area (Å²) in [4.78, 5) is 10.3. The molecule has 0 N–H and O–H groups in total. The average Bonchev–Trinajstić information content (AvgIpc) is 1.67. The molecule has 0 saturated heterocycles. The van der Waals surface area contributed by atoms with Crippen molar-refractivity contribution in [2.75, 3.05) is 20.6 Å². The SMILES string of the molecule is COCP(=O)([O-])OC.[Na+]. The van der Waals surface area contributed by atoms with Crippen molar-refractivity contribution in [3.05, 3.63) is 0 Å². The van der Waals surface area contributed by atoms with Crippen LogP contribution >= 0.6 is 7.60 Å². The van der Waals surface area contributed by atoms with E-state index in [1.807, 2.05) is 0 Å². The fourth-order valence-corrected chi connectivity index (χ4v) is 0.632. The van der Waals surface area contributed by atoms with Crippen LogP contribution in [0.1, 0.15) is 0 Å². The fourth-order valence-electron chi connectivity index (χ4n) is 0.211. The van der Waals surface area contributed by atoms with Crippen molar-refractivity contribution < 1.29 is 48.3 Å². The summed E-state index contributed by atoms with van der Waals surface area (Å²) < 4.78 is 18.6. The van der Waals surface area contributed by atoms with Gasteiger partial charge in [-0.25, -0.2) is 0 Å². The van der Waals surface area contributed by atoms with Gasteiger partial charge >= 0.3 is 29.6 Å². The van der Waals surface area contributed by atoms with E-state index in [4.69, 9.17) is 0 Å². The van der Waals surface area contributed by atoms with Crippen LogP contribution < -0.4 is 34.5 Å². The molecule has 0 heterocycles. The van der Waals surface area contributed by atoms with Crippen LogP contribution in [0.4, 0.5) is 0 Å². The normalized spacial score (nSPS) is 15.9. The minimum Gasteiger partial charge on any atom is -0.777 e. The molecule has 6 heteroatoms. The molecule has 0 rings (SSSR count). The molecule has 0 aliphatic heterocycles. The maximum atomic E-state index is 10.3. The van der Waals surface area contributed by atoms with E-state index >= 15 is 0 Å². The standard InChI is InChI=1S/C3H9O4P.Na/c1-6-3-8(4,5)7-2;/h3H2,1-2H3,(H,4,5);/q;+1/p-1. The zero-order valence-electron chi connectivity index (χ0n) is 5.79. The molecular formula is C3H8NaO4P. The van der Waals surface area contributed by atoms with Crippen molar-refractivity contribution in [2.24, 2.45) is 0 Å². The van der Waals surface area contributed by atoms with E-state index in [1.54, 1.807) is 0 Å². The van der Waals surface area contributed by atoms with Crippen LogP contribution in [0, 0.1) is 0 Å². The smallest absolute Gasteiger partial charge is 0.777 e. The van der Waals surface area contributed by atoms with Crippen molar-refractivity contribution in [1.82, 2.24) is 0 Å². The Bertz CT molecular complexity index is 106. The Hall–Kier alpha value is 1.11. The average molecular weight is 162 g/mol. The first-order chi connectivity index (χ1) is 3.62. The first-order valence-electron chi connectivity index (χ1n) is 1.97. The summed E-state index contributed by atoms with van der Waals surface area (Å²) in [5.74, 6) is 0. The molecule has 0 radical (unpaired) electrons. The van der Waals surface area contributed by atoms with E-state index in [1.165, 1.54) is 7.11 Å². The van der Waals surface area contributed by atoms with Gasteiger partial charge in [0.25, 0.3) is 0 Å². The Labute approximate surface area is 76.4 Å². The first-order valence-corrected chi connectivity index (χ1v) is 3.70. The molecule has 0 aromatic heterocycles. The first kappa shape index (κ1) is 12.8. The molecule has 0 saturated carbocycles. The second kappa shape index (κ2) is 5.86. The predicted octanol–water partition coefficient (Wildman–Crippen LogP) is -3.21. The third kappa shape index (κ3) is 7.00. The number of hydrogen-bond donors (Lipinski definition) is 0. The van der Waals surface area contributed by atoms with E-state index in [9.17, 15) is 9.46 Å². The topological polar surface area (TPSA) is 58.6 Å². The van der Waals surface area contributed by atoms with E-state index in [0.717, 1.165) is 7.11 Å². The molecule has 0 aromatic rings. The van der Waals surface area contributed by atoms with Crippen LogP contribution in [0.25, 0.3) is 0 Å². The van der Waals surface area contributed by atoms with Crippen LogP contribution in [0.15, 0.2) is 0 Å². The molecule has 1 atom stereocenters. The molecule has 9 heavy (non-hydrogen) atoms. The summed E-state index contributed by atoms with van der Waals surface area (Å²) in [6.07, 6.45) is -0.358. The molecular weight excluding hydrogens is 154 g/mol. The molecule has 0 aliphatic rings. The van der Waals surface area contributed by atoms with Crippen molar-refractivity contribution in [3.63, 3.8) is 0 Å². The van der Waals surface area contributed by atoms with Crippen molar-refractivity contribution in [3.8, 4) is 0 Å². The van der Waals surface area contributed by atoms with Gasteiger partial charge in [0.15, 0.2) is 7.60 Å². The summed E-state index contributed by atoms with van der Waals surface area (Å²) in [7, 11) is -1.25. The molecule has 0 bridgehead atoms. The van der Waals surface area contributed by atoms with Crippen LogP contribution in [0.5, 0.6) is 0 Å². The zero-order chi connectivity index (χ0) is 6.62. The summed E-state index contributed by atoms with van der Waals surface area (Å²) in [5, 5.41) is 0. The van der Waals surface area contributed by atoms with Crippen LogP contribution in [-0.2, 0) is 13.8 Å². The third-order valence-corrected chi connectivity index (χ3v) is 1.70. The van der Waals surface area contributed by atoms with Crippen LogP contribution in [0.3, 0.4) is 0 Å². The molecule has 0 amide bonds. The molecule has 1 unspecified atom stereocenters. The van der Waals surface area contributed by atoms with Gasteiger partial charge in [-0.05, 0) is 0 Å². The zero-order valence-corrected chi connectivity index (χ0v) is 8.68. The quantitative estimate of drug-likeness (QED) is 0.324. The van der Waals surface area contributed by atoms with Gasteiger partial charge in [0, 0.05) is 14.2 Å². The number of hydrogen-bond acceptors (Lipinski definition) is 4. The summed E-state index contributed by atoms with van der Waals surface area (Å²) >= 11 is 0. The Morgan fingerprint density at radius 2 is 2.00 bits per heavy atom. The Kier molecular flexibility index (Phi) is 8.31. The maximum Gasteiger partial charge on any atom is 1.00 e. The Morgan fingerprint density at radius 3 is 2.11 bits per heavy atom. The Morgan fingerprint density at radius 1 is 1.56 bits per heavy atom. The van der Waals surface area contributed by atoms with Crippen LogP contribution in [-0.4, -0.2) is 20.6 Å². The third-order valence-electron chi connectivity index (χ3n) is 0.565. The minimum absolute atomic E-state index is 0. The Balaban J connectivity index is 0. The number of rotatable bonds is 3. The van der Waals surface area contributed by atoms with Gasteiger partial charge in [0.1, 0.15) is 6.35 Å². The second-order valence-electron chi connectivity index (χ2n) is 1.21. The molecule has 0 spiro atoms. The second-order valence-corrected chi connectivity index (χ2v) is 3.06.